The molecule has 1 rings (SSSR count). The number of carbonyl (C=O) groups excluding carboxylic acids is 1. The van der Waals surface area contributed by atoms with Gasteiger partial charge in [0.15, 0.2) is 0 Å². The second-order valence-electron chi connectivity index (χ2n) is 4.07. The van der Waals surface area contributed by atoms with Crippen LogP contribution < -0.4 is 5.32 Å². The van der Waals surface area contributed by atoms with Crippen LogP contribution in [0.25, 0.3) is 0 Å². The summed E-state index contributed by atoms with van der Waals surface area (Å²) in [6.07, 6.45) is 0.0441. The zero-order chi connectivity index (χ0) is 13.7. The molecule has 6 heteroatoms. The van der Waals surface area contributed by atoms with E-state index >= 15 is 0 Å². The monoisotopic (exact) mass is 377 g/mol. The van der Waals surface area contributed by atoms with Gasteiger partial charge in [-0.1, -0.05) is 38.8 Å². The number of aliphatic carboxylic acids is 1. The van der Waals surface area contributed by atoms with E-state index in [0.29, 0.717) is 12.1 Å². The number of rotatable bonds is 5. The van der Waals surface area contributed by atoms with Gasteiger partial charge in [-0.05, 0) is 24.1 Å². The summed E-state index contributed by atoms with van der Waals surface area (Å²) in [5, 5.41) is 11.3. The van der Waals surface area contributed by atoms with Crippen LogP contribution in [0.5, 0.6) is 0 Å². The van der Waals surface area contributed by atoms with Gasteiger partial charge < -0.3 is 10.4 Å². The fraction of sp³-hybridized carbons (Fsp3) is 0.333. The number of halogens is 2. The number of amides is 1. The molecule has 98 valence electrons. The van der Waals surface area contributed by atoms with Gasteiger partial charge in [-0.15, -0.1) is 0 Å². The van der Waals surface area contributed by atoms with E-state index < -0.39 is 5.97 Å². The number of carbonyl (C=O) groups is 2. The molecule has 0 aliphatic carbocycles. The van der Waals surface area contributed by atoms with Crippen molar-refractivity contribution in [1.29, 1.82) is 0 Å². The van der Waals surface area contributed by atoms with E-state index in [1.54, 1.807) is 19.1 Å². The molecule has 1 amide bonds. The zero-order valence-corrected chi connectivity index (χ0v) is 12.9. The van der Waals surface area contributed by atoms with Crippen molar-refractivity contribution in [1.82, 2.24) is 5.32 Å². The molecular weight excluding hydrogens is 366 g/mol. The van der Waals surface area contributed by atoms with Crippen molar-refractivity contribution in [2.24, 2.45) is 5.92 Å². The molecule has 1 aromatic carbocycles. The Morgan fingerprint density at radius 3 is 2.33 bits per heavy atom. The first-order chi connectivity index (χ1) is 8.38. The van der Waals surface area contributed by atoms with Gasteiger partial charge in [0, 0.05) is 27.5 Å². The highest BCUT2D eigenvalue weighted by atomic mass is 79.9. The topological polar surface area (TPSA) is 66.4 Å². The van der Waals surface area contributed by atoms with Crippen LogP contribution in [0.2, 0.25) is 0 Å². The second-order valence-corrected chi connectivity index (χ2v) is 5.90. The van der Waals surface area contributed by atoms with Crippen LogP contribution in [-0.2, 0) is 4.79 Å². The van der Waals surface area contributed by atoms with Gasteiger partial charge in [0.1, 0.15) is 0 Å². The smallest absolute Gasteiger partial charge is 0.303 e. The van der Waals surface area contributed by atoms with Gasteiger partial charge in [0.25, 0.3) is 5.91 Å². The van der Waals surface area contributed by atoms with Crippen molar-refractivity contribution < 1.29 is 14.7 Å². The Morgan fingerprint density at radius 2 is 1.83 bits per heavy atom. The molecule has 1 aromatic rings. The van der Waals surface area contributed by atoms with Gasteiger partial charge in [-0.2, -0.15) is 0 Å². The summed E-state index contributed by atoms with van der Waals surface area (Å²) >= 11 is 6.61. The van der Waals surface area contributed by atoms with Gasteiger partial charge in [0.2, 0.25) is 0 Å². The minimum atomic E-state index is -0.859. The Morgan fingerprint density at radius 1 is 1.28 bits per heavy atom. The number of carboxylic acid groups (broad SMARTS) is 1. The summed E-state index contributed by atoms with van der Waals surface area (Å²) in [6.45, 7) is 2.13. The summed E-state index contributed by atoms with van der Waals surface area (Å²) in [6, 6.07) is 5.26. The molecule has 0 aliphatic rings. The molecule has 18 heavy (non-hydrogen) atoms. The van der Waals surface area contributed by atoms with Gasteiger partial charge in [0.05, 0.1) is 0 Å². The highest BCUT2D eigenvalue weighted by molar-refractivity contribution is 9.11. The third kappa shape index (κ3) is 5.18. The van der Waals surface area contributed by atoms with Gasteiger partial charge >= 0.3 is 5.97 Å². The van der Waals surface area contributed by atoms with E-state index in [1.807, 2.05) is 6.07 Å². The van der Waals surface area contributed by atoms with E-state index in [0.717, 1.165) is 8.95 Å². The molecule has 0 saturated carbocycles. The van der Waals surface area contributed by atoms with Crippen LogP contribution in [0.3, 0.4) is 0 Å². The molecule has 4 nitrogen and oxygen atoms in total. The van der Waals surface area contributed by atoms with Crippen molar-refractivity contribution in [3.05, 3.63) is 32.7 Å². The van der Waals surface area contributed by atoms with Crippen LogP contribution in [0, 0.1) is 5.92 Å². The molecule has 0 heterocycles. The lowest BCUT2D eigenvalue weighted by Crippen LogP contribution is -2.29. The Labute approximate surface area is 122 Å². The lowest BCUT2D eigenvalue weighted by atomic mass is 10.1. The SMILES string of the molecule is CC(CNC(=O)c1cc(Br)cc(Br)c1)CC(=O)O. The summed E-state index contributed by atoms with van der Waals surface area (Å²) in [7, 11) is 0. The summed E-state index contributed by atoms with van der Waals surface area (Å²) in [5.74, 6) is -1.17. The maximum Gasteiger partial charge on any atom is 0.303 e. The molecule has 2 N–H and O–H groups in total. The van der Waals surface area contributed by atoms with Crippen LogP contribution in [0.4, 0.5) is 0 Å². The molecule has 0 spiro atoms. The van der Waals surface area contributed by atoms with Crippen LogP contribution >= 0.6 is 31.9 Å². The molecule has 0 fully saturated rings. The number of hydrogen-bond donors (Lipinski definition) is 2. The standard InChI is InChI=1S/C12H13Br2NO3/c1-7(2-11(16)17)6-15-12(18)8-3-9(13)5-10(14)4-8/h3-5,7H,2,6H2,1H3,(H,15,18)(H,16,17). The highest BCUT2D eigenvalue weighted by Gasteiger charge is 2.11. The molecule has 0 saturated heterocycles. The normalized spacial score (nSPS) is 11.9. The van der Waals surface area contributed by atoms with Crippen molar-refractivity contribution in [3.8, 4) is 0 Å². The highest BCUT2D eigenvalue weighted by Crippen LogP contribution is 2.20. The first-order valence-corrected chi connectivity index (χ1v) is 6.93. The Kier molecular flexibility index (Phi) is 5.81. The average Bonchev–Trinajstić information content (AvgIpc) is 2.23. The predicted octanol–water partition coefficient (Wildman–Crippen LogP) is 3.05. The second kappa shape index (κ2) is 6.89. The number of benzene rings is 1. The van der Waals surface area contributed by atoms with E-state index in [4.69, 9.17) is 5.11 Å². The van der Waals surface area contributed by atoms with Crippen molar-refractivity contribution in [2.45, 2.75) is 13.3 Å². The Hall–Kier alpha value is -0.880. The van der Waals surface area contributed by atoms with Crippen LogP contribution in [0.15, 0.2) is 27.1 Å². The summed E-state index contributed by atoms with van der Waals surface area (Å²) in [4.78, 5) is 22.3. The third-order valence-corrected chi connectivity index (χ3v) is 3.17. The minimum Gasteiger partial charge on any atom is -0.481 e. The Balaban J connectivity index is 2.57. The van der Waals surface area contributed by atoms with E-state index in [-0.39, 0.29) is 18.2 Å². The average molecular weight is 379 g/mol. The fourth-order valence-corrected chi connectivity index (χ4v) is 2.72. The molecule has 1 atom stereocenters. The Bertz CT molecular complexity index is 442. The lowest BCUT2D eigenvalue weighted by Gasteiger charge is -2.10. The van der Waals surface area contributed by atoms with Gasteiger partial charge in [-0.25, -0.2) is 0 Å². The number of nitrogens with one attached hydrogen (secondary N) is 1. The first kappa shape index (κ1) is 15.2. The number of hydrogen-bond acceptors (Lipinski definition) is 2. The zero-order valence-electron chi connectivity index (χ0n) is 9.74. The third-order valence-electron chi connectivity index (χ3n) is 2.26. The van der Waals surface area contributed by atoms with E-state index in [1.165, 1.54) is 0 Å². The lowest BCUT2D eigenvalue weighted by molar-refractivity contribution is -0.137. The number of carboxylic acids is 1. The van der Waals surface area contributed by atoms with E-state index in [2.05, 4.69) is 37.2 Å². The van der Waals surface area contributed by atoms with Gasteiger partial charge in [-0.3, -0.25) is 9.59 Å². The van der Waals surface area contributed by atoms with Crippen molar-refractivity contribution in [3.63, 3.8) is 0 Å². The summed E-state index contributed by atoms with van der Waals surface area (Å²) in [5.41, 5.74) is 0.527. The summed E-state index contributed by atoms with van der Waals surface area (Å²) < 4.78 is 1.61. The quantitative estimate of drug-likeness (QED) is 0.827. The maximum absolute atomic E-state index is 11.8. The maximum atomic E-state index is 11.8. The first-order valence-electron chi connectivity index (χ1n) is 5.34. The van der Waals surface area contributed by atoms with E-state index in [9.17, 15) is 9.59 Å². The molecule has 0 radical (unpaired) electrons. The van der Waals surface area contributed by atoms with Crippen molar-refractivity contribution >= 4 is 43.7 Å². The van der Waals surface area contributed by atoms with Crippen LogP contribution in [0.1, 0.15) is 23.7 Å². The molecule has 1 unspecified atom stereocenters. The molecule has 0 aliphatic heterocycles. The largest absolute Gasteiger partial charge is 0.481 e. The minimum absolute atomic E-state index is 0.0441. The molecule has 0 bridgehead atoms. The molecular formula is C12H13Br2NO3. The molecule has 0 aromatic heterocycles. The van der Waals surface area contributed by atoms with Crippen molar-refractivity contribution in [2.75, 3.05) is 6.54 Å². The van der Waals surface area contributed by atoms with Crippen LogP contribution in [-0.4, -0.2) is 23.5 Å². The fourth-order valence-electron chi connectivity index (χ4n) is 1.42. The predicted molar refractivity (Wildman–Crippen MR) is 75.6 cm³/mol.